The Hall–Kier alpha value is -0.900. The van der Waals surface area contributed by atoms with Crippen LogP contribution in [0.5, 0.6) is 0 Å². The van der Waals surface area contributed by atoms with E-state index in [1.165, 1.54) is 12.8 Å². The van der Waals surface area contributed by atoms with Crippen molar-refractivity contribution in [2.75, 3.05) is 6.61 Å². The van der Waals surface area contributed by atoms with E-state index in [0.717, 1.165) is 24.1 Å². The smallest absolute Gasteiger partial charge is 0.336 e. The molecule has 0 radical (unpaired) electrons. The number of allylic oxidation sites excluding steroid dienone is 1. The summed E-state index contributed by atoms with van der Waals surface area (Å²) in [4.78, 5) is 12.8. The number of unbranched alkanes of at least 4 members (excludes halogenated alkanes) is 3. The number of ether oxygens (including phenoxy) is 1. The summed E-state index contributed by atoms with van der Waals surface area (Å²) in [5.41, 5.74) is 7.03. The summed E-state index contributed by atoms with van der Waals surface area (Å²) in [5.74, 6) is -0.299. The van der Waals surface area contributed by atoms with Crippen LogP contribution in [0.15, 0.2) is 11.3 Å². The number of carbonyl (C=O) groups excluding carboxylic acids is 1. The number of nitrogens with two attached hydrogens (primary N) is 1. The minimum Gasteiger partial charge on any atom is -0.462 e. The van der Waals surface area contributed by atoms with Crippen molar-refractivity contribution >= 4 is 23.1 Å². The van der Waals surface area contributed by atoms with Crippen LogP contribution >= 0.6 is 12.2 Å². The lowest BCUT2D eigenvalue weighted by atomic mass is 10.1. The van der Waals surface area contributed by atoms with Crippen molar-refractivity contribution in [2.45, 2.75) is 65.7 Å². The first-order valence-corrected chi connectivity index (χ1v) is 7.63. The number of carbonyl (C=O) groups is 1. The molecular weight excluding hydrogens is 258 g/mol. The van der Waals surface area contributed by atoms with E-state index in [2.05, 4.69) is 6.92 Å². The third kappa shape index (κ3) is 7.98. The quantitative estimate of drug-likeness (QED) is 0.286. The Morgan fingerprint density at radius 1 is 1.11 bits per heavy atom. The second-order valence-corrected chi connectivity index (χ2v) is 5.20. The van der Waals surface area contributed by atoms with Crippen molar-refractivity contribution in [2.24, 2.45) is 5.73 Å². The summed E-state index contributed by atoms with van der Waals surface area (Å²) in [5, 5.41) is 0. The van der Waals surface area contributed by atoms with Crippen LogP contribution in [0.1, 0.15) is 65.7 Å². The van der Waals surface area contributed by atoms with E-state index in [1.807, 2.05) is 13.8 Å². The first-order valence-electron chi connectivity index (χ1n) is 7.23. The molecule has 110 valence electrons. The van der Waals surface area contributed by atoms with Gasteiger partial charge in [-0.15, -0.1) is 0 Å². The normalized spacial score (nSPS) is 11.9. The molecule has 0 saturated carbocycles. The lowest BCUT2D eigenvalue weighted by molar-refractivity contribution is -0.139. The molecule has 0 aliphatic rings. The van der Waals surface area contributed by atoms with Crippen molar-refractivity contribution in [3.8, 4) is 0 Å². The fourth-order valence-electron chi connectivity index (χ4n) is 1.63. The third-order valence-electron chi connectivity index (χ3n) is 3.01. The zero-order valence-corrected chi connectivity index (χ0v) is 13.3. The fraction of sp³-hybridized carbons (Fsp3) is 0.733. The van der Waals surface area contributed by atoms with Crippen LogP contribution in [-0.4, -0.2) is 17.4 Å². The van der Waals surface area contributed by atoms with Crippen LogP contribution < -0.4 is 5.73 Å². The van der Waals surface area contributed by atoms with E-state index in [4.69, 9.17) is 22.7 Å². The van der Waals surface area contributed by atoms with Crippen LogP contribution in [0.2, 0.25) is 0 Å². The Morgan fingerprint density at radius 3 is 2.32 bits per heavy atom. The minimum absolute atomic E-state index is 0.299. The highest BCUT2D eigenvalue weighted by atomic mass is 32.1. The van der Waals surface area contributed by atoms with Gasteiger partial charge in [-0.1, -0.05) is 52.3 Å². The molecule has 3 nitrogen and oxygen atoms in total. The van der Waals surface area contributed by atoms with Crippen LogP contribution in [0.3, 0.4) is 0 Å². The second kappa shape index (κ2) is 11.0. The molecule has 0 saturated heterocycles. The molecule has 0 aliphatic carbocycles. The summed E-state index contributed by atoms with van der Waals surface area (Å²) in [7, 11) is 0. The lowest BCUT2D eigenvalue weighted by Crippen LogP contribution is -2.17. The Labute approximate surface area is 122 Å². The fourth-order valence-corrected chi connectivity index (χ4v) is 1.78. The van der Waals surface area contributed by atoms with E-state index < -0.39 is 0 Å². The van der Waals surface area contributed by atoms with Gasteiger partial charge >= 0.3 is 5.97 Å². The Morgan fingerprint density at radius 2 is 1.79 bits per heavy atom. The van der Waals surface area contributed by atoms with Gasteiger partial charge in [0.1, 0.15) is 0 Å². The zero-order valence-electron chi connectivity index (χ0n) is 12.5. The SMILES string of the molecule is CCCCCCOC(=O)C(CC(=S)CC)=C(N)CC. The number of thiocarbonyl (C=S) groups is 1. The van der Waals surface area contributed by atoms with Gasteiger partial charge in [-0.05, 0) is 24.1 Å². The van der Waals surface area contributed by atoms with Gasteiger partial charge in [-0.3, -0.25) is 0 Å². The van der Waals surface area contributed by atoms with Crippen molar-refractivity contribution in [1.82, 2.24) is 0 Å². The molecular formula is C15H27NO2S. The highest BCUT2D eigenvalue weighted by Crippen LogP contribution is 2.13. The Bertz CT molecular complexity index is 324. The van der Waals surface area contributed by atoms with E-state index in [1.54, 1.807) is 0 Å². The monoisotopic (exact) mass is 285 g/mol. The van der Waals surface area contributed by atoms with E-state index in [0.29, 0.717) is 30.7 Å². The molecule has 0 rings (SSSR count). The molecule has 0 unspecified atom stereocenters. The van der Waals surface area contributed by atoms with Gasteiger partial charge < -0.3 is 10.5 Å². The molecule has 0 atom stereocenters. The van der Waals surface area contributed by atoms with Crippen molar-refractivity contribution in [1.29, 1.82) is 0 Å². The maximum Gasteiger partial charge on any atom is 0.336 e. The topological polar surface area (TPSA) is 52.3 Å². The molecule has 0 aromatic carbocycles. The molecule has 0 spiro atoms. The van der Waals surface area contributed by atoms with Gasteiger partial charge in [0.25, 0.3) is 0 Å². The Balaban J connectivity index is 4.37. The van der Waals surface area contributed by atoms with Gasteiger partial charge in [-0.25, -0.2) is 4.79 Å². The number of hydrogen-bond acceptors (Lipinski definition) is 4. The molecule has 0 aromatic heterocycles. The molecule has 0 aliphatic heterocycles. The van der Waals surface area contributed by atoms with E-state index in [9.17, 15) is 4.79 Å². The molecule has 2 N–H and O–H groups in total. The van der Waals surface area contributed by atoms with Gasteiger partial charge in [0.15, 0.2) is 0 Å². The van der Waals surface area contributed by atoms with Gasteiger partial charge in [0.05, 0.1) is 12.2 Å². The average molecular weight is 285 g/mol. The van der Waals surface area contributed by atoms with Crippen LogP contribution in [0.25, 0.3) is 0 Å². The maximum absolute atomic E-state index is 12.0. The summed E-state index contributed by atoms with van der Waals surface area (Å²) in [6.07, 6.45) is 6.24. The Kier molecular flexibility index (Phi) is 10.5. The largest absolute Gasteiger partial charge is 0.462 e. The standard InChI is InChI=1S/C15H27NO2S/c1-4-7-8-9-10-18-15(17)13(14(16)6-3)11-12(19)5-2/h4-11,16H2,1-3H3. The molecule has 0 heterocycles. The zero-order chi connectivity index (χ0) is 14.7. The molecule has 0 aromatic rings. The van der Waals surface area contributed by atoms with Crippen molar-refractivity contribution in [3.05, 3.63) is 11.3 Å². The third-order valence-corrected chi connectivity index (χ3v) is 3.45. The first kappa shape index (κ1) is 18.1. The summed E-state index contributed by atoms with van der Waals surface area (Å²) in [6.45, 7) is 6.54. The molecule has 0 fully saturated rings. The van der Waals surface area contributed by atoms with E-state index >= 15 is 0 Å². The summed E-state index contributed by atoms with van der Waals surface area (Å²) < 4.78 is 5.28. The number of rotatable bonds is 10. The van der Waals surface area contributed by atoms with Gasteiger partial charge in [-0.2, -0.15) is 0 Å². The average Bonchev–Trinajstić information content (AvgIpc) is 2.43. The van der Waals surface area contributed by atoms with Gasteiger partial charge in [0.2, 0.25) is 0 Å². The van der Waals surface area contributed by atoms with Crippen LogP contribution in [-0.2, 0) is 9.53 Å². The molecule has 0 amide bonds. The number of hydrogen-bond donors (Lipinski definition) is 1. The van der Waals surface area contributed by atoms with Crippen molar-refractivity contribution < 1.29 is 9.53 Å². The molecule has 19 heavy (non-hydrogen) atoms. The van der Waals surface area contributed by atoms with E-state index in [-0.39, 0.29) is 5.97 Å². The summed E-state index contributed by atoms with van der Waals surface area (Å²) >= 11 is 5.19. The second-order valence-electron chi connectivity index (χ2n) is 4.62. The van der Waals surface area contributed by atoms with Gasteiger partial charge in [0, 0.05) is 12.1 Å². The molecule has 0 bridgehead atoms. The highest BCUT2D eigenvalue weighted by molar-refractivity contribution is 7.80. The predicted molar refractivity (Wildman–Crippen MR) is 84.1 cm³/mol. The maximum atomic E-state index is 12.0. The van der Waals surface area contributed by atoms with Crippen molar-refractivity contribution in [3.63, 3.8) is 0 Å². The first-order chi connectivity index (χ1) is 9.06. The van der Waals surface area contributed by atoms with Crippen LogP contribution in [0, 0.1) is 0 Å². The summed E-state index contributed by atoms with van der Waals surface area (Å²) in [6, 6.07) is 0. The highest BCUT2D eigenvalue weighted by Gasteiger charge is 2.16. The minimum atomic E-state index is -0.299. The lowest BCUT2D eigenvalue weighted by Gasteiger charge is -2.11. The van der Waals surface area contributed by atoms with Crippen LogP contribution in [0.4, 0.5) is 0 Å². The predicted octanol–water partition coefficient (Wildman–Crippen LogP) is 3.90. The number of esters is 1. The molecule has 4 heteroatoms.